The quantitative estimate of drug-likeness (QED) is 0.866. The zero-order valence-electron chi connectivity index (χ0n) is 11.0. The van der Waals surface area contributed by atoms with Gasteiger partial charge in [0.15, 0.2) is 0 Å². The molecule has 1 saturated heterocycles. The third kappa shape index (κ3) is 3.68. The summed E-state index contributed by atoms with van der Waals surface area (Å²) in [4.78, 5) is 4.48. The zero-order valence-corrected chi connectivity index (χ0v) is 11.0. The number of hydrogen-bond donors (Lipinski definition) is 1. The van der Waals surface area contributed by atoms with Crippen molar-refractivity contribution in [1.29, 1.82) is 0 Å². The van der Waals surface area contributed by atoms with E-state index >= 15 is 0 Å². The van der Waals surface area contributed by atoms with Gasteiger partial charge < -0.3 is 15.2 Å². The van der Waals surface area contributed by atoms with E-state index in [-0.39, 0.29) is 6.10 Å². The summed E-state index contributed by atoms with van der Waals surface area (Å²) in [5.74, 6) is 0.847. The lowest BCUT2D eigenvalue weighted by atomic mass is 10.1. The third-order valence-corrected chi connectivity index (χ3v) is 3.15. The summed E-state index contributed by atoms with van der Waals surface area (Å²) in [6.45, 7) is 4.04. The summed E-state index contributed by atoms with van der Waals surface area (Å²) in [7, 11) is 0. The predicted molar refractivity (Wildman–Crippen MR) is 70.8 cm³/mol. The third-order valence-electron chi connectivity index (χ3n) is 3.15. The summed E-state index contributed by atoms with van der Waals surface area (Å²) >= 11 is 0. The predicted octanol–water partition coefficient (Wildman–Crippen LogP) is 1.84. The van der Waals surface area contributed by atoms with Crippen LogP contribution < -0.4 is 10.5 Å². The van der Waals surface area contributed by atoms with Crippen LogP contribution >= 0.6 is 0 Å². The topological polar surface area (TPSA) is 57.4 Å². The van der Waals surface area contributed by atoms with Gasteiger partial charge in [-0.05, 0) is 44.9 Å². The Kier molecular flexibility index (Phi) is 4.96. The molecule has 1 aromatic rings. The summed E-state index contributed by atoms with van der Waals surface area (Å²) < 4.78 is 11.5. The SMILES string of the molecule is Cc1ccc(OCC2CCCCO2)c(CCN)n1. The average molecular weight is 250 g/mol. The van der Waals surface area contributed by atoms with E-state index in [4.69, 9.17) is 15.2 Å². The molecule has 4 heteroatoms. The second-order valence-corrected chi connectivity index (χ2v) is 4.74. The monoisotopic (exact) mass is 250 g/mol. The molecule has 0 aliphatic carbocycles. The summed E-state index contributed by atoms with van der Waals surface area (Å²) in [6, 6.07) is 3.95. The first-order chi connectivity index (χ1) is 8.79. The van der Waals surface area contributed by atoms with Gasteiger partial charge in [0, 0.05) is 18.7 Å². The van der Waals surface area contributed by atoms with Crippen LogP contribution in [-0.2, 0) is 11.2 Å². The van der Waals surface area contributed by atoms with Gasteiger partial charge in [0.1, 0.15) is 12.4 Å². The number of nitrogens with two attached hydrogens (primary N) is 1. The molecule has 1 unspecified atom stereocenters. The van der Waals surface area contributed by atoms with Gasteiger partial charge in [-0.2, -0.15) is 0 Å². The molecule has 1 fully saturated rings. The van der Waals surface area contributed by atoms with Crippen molar-refractivity contribution >= 4 is 0 Å². The van der Waals surface area contributed by atoms with E-state index in [0.29, 0.717) is 13.2 Å². The van der Waals surface area contributed by atoms with Crippen molar-refractivity contribution in [2.24, 2.45) is 5.73 Å². The Bertz CT molecular complexity index is 376. The van der Waals surface area contributed by atoms with Gasteiger partial charge in [-0.15, -0.1) is 0 Å². The lowest BCUT2D eigenvalue weighted by Gasteiger charge is -2.23. The number of ether oxygens (including phenoxy) is 2. The molecule has 0 bridgehead atoms. The van der Waals surface area contributed by atoms with Crippen molar-refractivity contribution in [3.63, 3.8) is 0 Å². The molecule has 4 nitrogen and oxygen atoms in total. The molecule has 0 saturated carbocycles. The molecule has 0 radical (unpaired) electrons. The summed E-state index contributed by atoms with van der Waals surface area (Å²) in [5, 5.41) is 0. The van der Waals surface area contributed by atoms with Gasteiger partial charge in [-0.3, -0.25) is 4.98 Å². The normalized spacial score (nSPS) is 19.8. The van der Waals surface area contributed by atoms with Gasteiger partial charge in [0.05, 0.1) is 11.8 Å². The van der Waals surface area contributed by atoms with E-state index in [2.05, 4.69) is 4.98 Å². The molecular formula is C14H22N2O2. The van der Waals surface area contributed by atoms with E-state index in [1.807, 2.05) is 19.1 Å². The van der Waals surface area contributed by atoms with E-state index < -0.39 is 0 Å². The van der Waals surface area contributed by atoms with Crippen LogP contribution in [0, 0.1) is 6.92 Å². The number of hydrogen-bond acceptors (Lipinski definition) is 4. The molecule has 2 heterocycles. The Morgan fingerprint density at radius 2 is 2.33 bits per heavy atom. The first-order valence-corrected chi connectivity index (χ1v) is 6.70. The standard InChI is InChI=1S/C14H22N2O2/c1-11-5-6-14(13(16-11)7-8-15)18-10-12-4-2-3-9-17-12/h5-6,12H,2-4,7-10,15H2,1H3. The van der Waals surface area contributed by atoms with Crippen LogP contribution in [0.4, 0.5) is 0 Å². The summed E-state index contributed by atoms with van der Waals surface area (Å²) in [6.07, 6.45) is 4.47. The van der Waals surface area contributed by atoms with Gasteiger partial charge >= 0.3 is 0 Å². The van der Waals surface area contributed by atoms with Crippen molar-refractivity contribution in [3.8, 4) is 5.75 Å². The van der Waals surface area contributed by atoms with Crippen LogP contribution in [0.15, 0.2) is 12.1 Å². The van der Waals surface area contributed by atoms with Crippen LogP contribution in [0.2, 0.25) is 0 Å². The van der Waals surface area contributed by atoms with Crippen LogP contribution in [-0.4, -0.2) is 30.8 Å². The van der Waals surface area contributed by atoms with Crippen molar-refractivity contribution in [2.45, 2.75) is 38.7 Å². The van der Waals surface area contributed by atoms with Gasteiger partial charge in [-0.25, -0.2) is 0 Å². The number of aryl methyl sites for hydroxylation is 1. The highest BCUT2D eigenvalue weighted by Gasteiger charge is 2.15. The second kappa shape index (κ2) is 6.71. The fraction of sp³-hybridized carbons (Fsp3) is 0.643. The maximum atomic E-state index is 5.84. The van der Waals surface area contributed by atoms with Gasteiger partial charge in [0.25, 0.3) is 0 Å². The molecule has 0 amide bonds. The largest absolute Gasteiger partial charge is 0.489 e. The molecule has 1 aromatic heterocycles. The highest BCUT2D eigenvalue weighted by atomic mass is 16.5. The minimum absolute atomic E-state index is 0.228. The fourth-order valence-corrected chi connectivity index (χ4v) is 2.17. The van der Waals surface area contributed by atoms with Crippen molar-refractivity contribution in [3.05, 3.63) is 23.5 Å². The Labute approximate surface area is 108 Å². The van der Waals surface area contributed by atoms with Crippen LogP contribution in [0.5, 0.6) is 5.75 Å². The number of aromatic nitrogens is 1. The molecule has 0 spiro atoms. The first kappa shape index (κ1) is 13.3. The molecule has 1 atom stereocenters. The Balaban J connectivity index is 1.94. The smallest absolute Gasteiger partial charge is 0.140 e. The Hall–Kier alpha value is -1.13. The molecule has 1 aliphatic heterocycles. The number of nitrogens with zero attached hydrogens (tertiary/aromatic N) is 1. The molecule has 2 rings (SSSR count). The van der Waals surface area contributed by atoms with Gasteiger partial charge in [-0.1, -0.05) is 0 Å². The molecule has 1 aliphatic rings. The first-order valence-electron chi connectivity index (χ1n) is 6.70. The molecule has 0 aromatic carbocycles. The molecule has 100 valence electrons. The number of pyridine rings is 1. The minimum Gasteiger partial charge on any atom is -0.489 e. The van der Waals surface area contributed by atoms with Gasteiger partial charge in [0.2, 0.25) is 0 Å². The summed E-state index contributed by atoms with van der Waals surface area (Å²) in [5.41, 5.74) is 7.55. The maximum Gasteiger partial charge on any atom is 0.140 e. The molecule has 18 heavy (non-hydrogen) atoms. The van der Waals surface area contributed by atoms with E-state index in [1.54, 1.807) is 0 Å². The minimum atomic E-state index is 0.228. The number of rotatable bonds is 5. The highest BCUT2D eigenvalue weighted by Crippen LogP contribution is 2.19. The van der Waals surface area contributed by atoms with Crippen LogP contribution in [0.25, 0.3) is 0 Å². The lowest BCUT2D eigenvalue weighted by Crippen LogP contribution is -2.26. The Morgan fingerprint density at radius 1 is 1.44 bits per heavy atom. The molecular weight excluding hydrogens is 228 g/mol. The fourth-order valence-electron chi connectivity index (χ4n) is 2.17. The van der Waals surface area contributed by atoms with E-state index in [1.165, 1.54) is 12.8 Å². The van der Waals surface area contributed by atoms with Crippen molar-refractivity contribution in [1.82, 2.24) is 4.98 Å². The zero-order chi connectivity index (χ0) is 12.8. The average Bonchev–Trinajstić information content (AvgIpc) is 2.39. The van der Waals surface area contributed by atoms with E-state index in [0.717, 1.165) is 36.6 Å². The molecule has 2 N–H and O–H groups in total. The highest BCUT2D eigenvalue weighted by molar-refractivity contribution is 5.29. The van der Waals surface area contributed by atoms with Crippen LogP contribution in [0.1, 0.15) is 30.7 Å². The maximum absolute atomic E-state index is 5.84. The lowest BCUT2D eigenvalue weighted by molar-refractivity contribution is -0.0113. The van der Waals surface area contributed by atoms with Crippen molar-refractivity contribution < 1.29 is 9.47 Å². The second-order valence-electron chi connectivity index (χ2n) is 4.74. The van der Waals surface area contributed by atoms with Crippen LogP contribution in [0.3, 0.4) is 0 Å². The Morgan fingerprint density at radius 3 is 3.06 bits per heavy atom. The van der Waals surface area contributed by atoms with E-state index in [9.17, 15) is 0 Å². The van der Waals surface area contributed by atoms with Crippen molar-refractivity contribution in [2.75, 3.05) is 19.8 Å².